The van der Waals surface area contributed by atoms with Crippen molar-refractivity contribution < 1.29 is 28.2 Å². The molecule has 0 radical (unpaired) electrons. The van der Waals surface area contributed by atoms with Crippen LogP contribution in [0.5, 0.6) is 5.75 Å². The van der Waals surface area contributed by atoms with Crippen LogP contribution in [0.25, 0.3) is 0 Å². The second-order valence-corrected chi connectivity index (χ2v) is 9.15. The highest BCUT2D eigenvalue weighted by atomic mass is 19.2. The minimum atomic E-state index is -0.961. The van der Waals surface area contributed by atoms with Crippen molar-refractivity contribution in [1.82, 2.24) is 9.80 Å². The lowest BCUT2D eigenvalue weighted by molar-refractivity contribution is -0.143. The summed E-state index contributed by atoms with van der Waals surface area (Å²) in [7, 11) is 3.40. The Kier molecular flexibility index (Phi) is 11.8. The highest BCUT2D eigenvalue weighted by molar-refractivity contribution is 5.73. The van der Waals surface area contributed by atoms with Crippen molar-refractivity contribution in [2.45, 2.75) is 51.5 Å². The van der Waals surface area contributed by atoms with Crippen LogP contribution < -0.4 is 4.74 Å². The number of unbranched alkanes of at least 4 members (excludes halogenated alkanes) is 2. The first kappa shape index (κ1) is 29.2. The molecule has 36 heavy (non-hydrogen) atoms. The Morgan fingerprint density at radius 1 is 1.06 bits per heavy atom. The van der Waals surface area contributed by atoms with Gasteiger partial charge in [0.1, 0.15) is 5.75 Å². The first-order chi connectivity index (χ1) is 17.3. The molecule has 0 saturated carbocycles. The molecule has 6 nitrogen and oxygen atoms in total. The average molecular weight is 505 g/mol. The summed E-state index contributed by atoms with van der Waals surface area (Å²) in [5.74, 6) is -3.35. The van der Waals surface area contributed by atoms with Crippen molar-refractivity contribution >= 4 is 12.4 Å². The molecular formula is C28H38F2N2O4. The SMILES string of the molecule is CCCCN(C=O)CCCC.COc1ccc(C2C(C(=O)O)C(c3ccc(F)c(F)c3)CN2C)cc1. The molecule has 2 aromatic rings. The van der Waals surface area contributed by atoms with Crippen LogP contribution in [0.1, 0.15) is 62.6 Å². The van der Waals surface area contributed by atoms with E-state index in [-0.39, 0.29) is 6.04 Å². The number of carbonyl (C=O) groups is 2. The van der Waals surface area contributed by atoms with Gasteiger partial charge in [0.05, 0.1) is 13.0 Å². The number of hydrogen-bond donors (Lipinski definition) is 1. The van der Waals surface area contributed by atoms with Gasteiger partial charge < -0.3 is 14.7 Å². The molecule has 1 amide bonds. The quantitative estimate of drug-likeness (QED) is 0.410. The van der Waals surface area contributed by atoms with Gasteiger partial charge in [-0.1, -0.05) is 44.9 Å². The van der Waals surface area contributed by atoms with E-state index in [2.05, 4.69) is 13.8 Å². The molecule has 0 aromatic heterocycles. The highest BCUT2D eigenvalue weighted by Crippen LogP contribution is 2.45. The Bertz CT molecular complexity index is 963. The second kappa shape index (κ2) is 14.5. The number of methoxy groups -OCH3 is 1. The van der Waals surface area contributed by atoms with Gasteiger partial charge in [0, 0.05) is 31.6 Å². The van der Waals surface area contributed by atoms with Crippen LogP contribution in [-0.2, 0) is 9.59 Å². The topological polar surface area (TPSA) is 70.1 Å². The summed E-state index contributed by atoms with van der Waals surface area (Å²) in [5, 5.41) is 9.80. The van der Waals surface area contributed by atoms with Crippen LogP contribution in [0, 0.1) is 17.6 Å². The van der Waals surface area contributed by atoms with Crippen LogP contribution in [0.2, 0.25) is 0 Å². The van der Waals surface area contributed by atoms with Crippen molar-refractivity contribution in [3.05, 3.63) is 65.2 Å². The minimum absolute atomic E-state index is 0.360. The highest BCUT2D eigenvalue weighted by Gasteiger charge is 2.46. The molecule has 3 unspecified atom stereocenters. The Balaban J connectivity index is 0.000000352. The molecule has 1 fully saturated rings. The standard InChI is InChI=1S/C19H19F2NO3.C9H19NO/c1-22-10-14(12-5-8-15(20)16(21)9-12)17(19(23)24)18(22)11-3-6-13(25-2)7-4-11;1-3-5-7-10(9-11)8-6-4-2/h3-9,14,17-18H,10H2,1-2H3,(H,23,24);9H,3-8H2,1-2H3. The third-order valence-electron chi connectivity index (χ3n) is 6.59. The normalized spacial score (nSPS) is 19.3. The van der Waals surface area contributed by atoms with E-state index < -0.39 is 29.4 Å². The molecule has 1 heterocycles. The maximum atomic E-state index is 13.6. The Morgan fingerprint density at radius 2 is 1.64 bits per heavy atom. The number of amides is 1. The van der Waals surface area contributed by atoms with Crippen molar-refractivity contribution in [1.29, 1.82) is 0 Å². The third-order valence-corrected chi connectivity index (χ3v) is 6.59. The van der Waals surface area contributed by atoms with Crippen LogP contribution >= 0.6 is 0 Å². The molecule has 1 saturated heterocycles. The Morgan fingerprint density at radius 3 is 2.11 bits per heavy atom. The largest absolute Gasteiger partial charge is 0.497 e. The summed E-state index contributed by atoms with van der Waals surface area (Å²) in [6.45, 7) is 6.59. The van der Waals surface area contributed by atoms with E-state index in [0.29, 0.717) is 17.9 Å². The van der Waals surface area contributed by atoms with Crippen molar-refractivity contribution in [2.24, 2.45) is 5.92 Å². The van der Waals surface area contributed by atoms with E-state index in [1.54, 1.807) is 19.2 Å². The number of aliphatic carboxylic acids is 1. The maximum absolute atomic E-state index is 13.6. The fraction of sp³-hybridized carbons (Fsp3) is 0.500. The minimum Gasteiger partial charge on any atom is -0.497 e. The Hall–Kier alpha value is -3.00. The van der Waals surface area contributed by atoms with Gasteiger partial charge >= 0.3 is 5.97 Å². The number of halogens is 2. The van der Waals surface area contributed by atoms with Gasteiger partial charge in [-0.05, 0) is 55.3 Å². The smallest absolute Gasteiger partial charge is 0.309 e. The molecule has 1 aliphatic heterocycles. The number of hydrogen-bond acceptors (Lipinski definition) is 4. The van der Waals surface area contributed by atoms with E-state index in [1.807, 2.05) is 29.0 Å². The summed E-state index contributed by atoms with van der Waals surface area (Å²) in [4.78, 5) is 26.2. The van der Waals surface area contributed by atoms with Crippen molar-refractivity contribution in [3.8, 4) is 5.75 Å². The number of rotatable bonds is 11. The molecule has 0 spiro atoms. The van der Waals surface area contributed by atoms with E-state index in [4.69, 9.17) is 4.74 Å². The van der Waals surface area contributed by atoms with Gasteiger partial charge in [-0.25, -0.2) is 8.78 Å². The lowest BCUT2D eigenvalue weighted by Crippen LogP contribution is -2.26. The molecule has 1 N–H and O–H groups in total. The summed E-state index contributed by atoms with van der Waals surface area (Å²) < 4.78 is 32.0. The number of carbonyl (C=O) groups excluding carboxylic acids is 1. The first-order valence-corrected chi connectivity index (χ1v) is 12.5. The van der Waals surface area contributed by atoms with Gasteiger partial charge in [-0.2, -0.15) is 0 Å². The van der Waals surface area contributed by atoms with Crippen molar-refractivity contribution in [2.75, 3.05) is 33.8 Å². The molecular weight excluding hydrogens is 466 g/mol. The van der Waals surface area contributed by atoms with E-state index in [9.17, 15) is 23.5 Å². The third kappa shape index (κ3) is 7.75. The van der Waals surface area contributed by atoms with E-state index in [0.717, 1.165) is 62.9 Å². The molecule has 0 bridgehead atoms. The fourth-order valence-corrected chi connectivity index (χ4v) is 4.60. The van der Waals surface area contributed by atoms with Crippen molar-refractivity contribution in [3.63, 3.8) is 0 Å². The molecule has 3 rings (SSSR count). The molecule has 3 atom stereocenters. The molecule has 2 aromatic carbocycles. The number of carboxylic acid groups (broad SMARTS) is 1. The Labute approximate surface area is 212 Å². The number of benzene rings is 2. The predicted octanol–water partition coefficient (Wildman–Crippen LogP) is 5.49. The van der Waals surface area contributed by atoms with E-state index >= 15 is 0 Å². The fourth-order valence-electron chi connectivity index (χ4n) is 4.60. The van der Waals surface area contributed by atoms with Crippen LogP contribution in [-0.4, -0.2) is 61.1 Å². The molecule has 1 aliphatic rings. The molecule has 8 heteroatoms. The zero-order valence-corrected chi connectivity index (χ0v) is 21.6. The lowest BCUT2D eigenvalue weighted by atomic mass is 9.83. The van der Waals surface area contributed by atoms with Crippen LogP contribution in [0.4, 0.5) is 8.78 Å². The van der Waals surface area contributed by atoms with Crippen LogP contribution in [0.15, 0.2) is 42.5 Å². The first-order valence-electron chi connectivity index (χ1n) is 12.5. The predicted molar refractivity (Wildman–Crippen MR) is 136 cm³/mol. The van der Waals surface area contributed by atoms with Gasteiger partial charge in [-0.3, -0.25) is 14.5 Å². The number of carboxylic acids is 1. The number of likely N-dealkylation sites (tertiary alicyclic amines) is 1. The summed E-state index contributed by atoms with van der Waals surface area (Å²) in [6.07, 6.45) is 5.54. The lowest BCUT2D eigenvalue weighted by Gasteiger charge is -2.24. The molecule has 198 valence electrons. The zero-order chi connectivity index (χ0) is 26.7. The van der Waals surface area contributed by atoms with Gasteiger partial charge in [-0.15, -0.1) is 0 Å². The second-order valence-electron chi connectivity index (χ2n) is 9.15. The monoisotopic (exact) mass is 504 g/mol. The number of likely N-dealkylation sites (N-methyl/N-ethyl adjacent to an activating group) is 1. The average Bonchev–Trinajstić information content (AvgIpc) is 3.23. The zero-order valence-electron chi connectivity index (χ0n) is 21.6. The summed E-state index contributed by atoms with van der Waals surface area (Å²) >= 11 is 0. The maximum Gasteiger partial charge on any atom is 0.309 e. The summed E-state index contributed by atoms with van der Waals surface area (Å²) in [5.41, 5.74) is 1.34. The van der Waals surface area contributed by atoms with Gasteiger partial charge in [0.2, 0.25) is 6.41 Å². The molecule has 0 aliphatic carbocycles. The van der Waals surface area contributed by atoms with Gasteiger partial charge in [0.25, 0.3) is 0 Å². The number of nitrogens with zero attached hydrogens (tertiary/aromatic N) is 2. The van der Waals surface area contributed by atoms with Crippen LogP contribution in [0.3, 0.4) is 0 Å². The summed E-state index contributed by atoms with van der Waals surface area (Å²) in [6, 6.07) is 10.5. The number of ether oxygens (including phenoxy) is 1. The van der Waals surface area contributed by atoms with E-state index in [1.165, 1.54) is 6.07 Å². The van der Waals surface area contributed by atoms with Gasteiger partial charge in [0.15, 0.2) is 11.6 Å².